The van der Waals surface area contributed by atoms with Crippen molar-refractivity contribution in [2.24, 2.45) is 0 Å². The second-order valence-corrected chi connectivity index (χ2v) is 16.6. The van der Waals surface area contributed by atoms with E-state index in [0.717, 1.165) is 82.9 Å². The zero-order valence-corrected chi connectivity index (χ0v) is 35.7. The first kappa shape index (κ1) is 37.7. The molecule has 0 radical (unpaired) electrons. The maximum atomic E-state index is 7.35. The van der Waals surface area contributed by atoms with Crippen molar-refractivity contribution in [3.05, 3.63) is 158 Å². The van der Waals surface area contributed by atoms with E-state index < -0.39 is 0 Å². The van der Waals surface area contributed by atoms with Crippen molar-refractivity contribution in [3.8, 4) is 62.1 Å². The second-order valence-electron chi connectivity index (χ2n) is 16.6. The minimum Gasteiger partial charge on any atom is -0.454 e. The molecule has 0 atom stereocenters. The van der Waals surface area contributed by atoms with Gasteiger partial charge in [-0.25, -0.2) is 15.0 Å². The second kappa shape index (κ2) is 14.7. The van der Waals surface area contributed by atoms with Gasteiger partial charge in [-0.1, -0.05) is 161 Å². The molecule has 0 aliphatic rings. The molecule has 5 nitrogen and oxygen atoms in total. The lowest BCUT2D eigenvalue weighted by molar-refractivity contribution is 0.670. The van der Waals surface area contributed by atoms with Crippen molar-refractivity contribution >= 4 is 124 Å². The topological polar surface area (TPSA) is 56.7 Å². The summed E-state index contributed by atoms with van der Waals surface area (Å²) in [6, 6.07) is 55.3. The van der Waals surface area contributed by atoms with Crippen LogP contribution < -0.4 is 32.8 Å². The van der Waals surface area contributed by atoms with Crippen molar-refractivity contribution in [3.63, 3.8) is 0 Å². The van der Waals surface area contributed by atoms with E-state index in [4.69, 9.17) is 19.4 Å². The summed E-state index contributed by atoms with van der Waals surface area (Å²) in [7, 11) is 13.3. The summed E-state index contributed by atoms with van der Waals surface area (Å²) in [6.07, 6.45) is 0. The Labute approximate surface area is 365 Å². The van der Waals surface area contributed by atoms with Crippen molar-refractivity contribution in [2.75, 3.05) is 0 Å². The maximum Gasteiger partial charge on any atom is 0.164 e. The Morgan fingerprint density at radius 1 is 0.355 bits per heavy atom. The van der Waals surface area contributed by atoms with E-state index in [1.54, 1.807) is 0 Å². The highest BCUT2D eigenvalue weighted by molar-refractivity contribution is 6.65. The molecule has 11 aromatic rings. The molecule has 11 heteroatoms. The van der Waals surface area contributed by atoms with Crippen LogP contribution >= 0.6 is 0 Å². The molecule has 0 saturated carbocycles. The summed E-state index contributed by atoms with van der Waals surface area (Å²) >= 11 is 0. The van der Waals surface area contributed by atoms with Crippen LogP contribution in [-0.4, -0.2) is 66.6 Å². The van der Waals surface area contributed by atoms with Gasteiger partial charge in [-0.3, -0.25) is 0 Å². The van der Waals surface area contributed by atoms with Gasteiger partial charge in [0, 0.05) is 38.2 Å². The average molecular weight is 788 g/mol. The largest absolute Gasteiger partial charge is 0.454 e. The molecular formula is C51H38B6N4O. The van der Waals surface area contributed by atoms with Gasteiger partial charge in [-0.05, 0) is 52.0 Å². The highest BCUT2D eigenvalue weighted by Gasteiger charge is 2.27. The first-order chi connectivity index (χ1) is 30.3. The van der Waals surface area contributed by atoms with Crippen LogP contribution in [0, 0.1) is 0 Å². The summed E-state index contributed by atoms with van der Waals surface area (Å²) in [5.74, 6) is 1.88. The highest BCUT2D eigenvalue weighted by atomic mass is 16.3. The molecule has 11 rings (SSSR count). The van der Waals surface area contributed by atoms with E-state index in [-0.39, 0.29) is 0 Å². The minimum atomic E-state index is 0.624. The predicted octanol–water partition coefficient (Wildman–Crippen LogP) is 2.75. The Morgan fingerprint density at radius 3 is 1.56 bits per heavy atom. The first-order valence-electron chi connectivity index (χ1n) is 21.3. The van der Waals surface area contributed by atoms with Crippen molar-refractivity contribution < 1.29 is 4.42 Å². The number of para-hydroxylation sites is 1. The van der Waals surface area contributed by atoms with Crippen LogP contribution in [0.1, 0.15) is 0 Å². The monoisotopic (exact) mass is 788 g/mol. The van der Waals surface area contributed by atoms with E-state index in [1.165, 1.54) is 38.3 Å². The van der Waals surface area contributed by atoms with E-state index in [1.807, 2.05) is 24.3 Å². The average Bonchev–Trinajstić information content (AvgIpc) is 3.88. The molecule has 8 aromatic carbocycles. The Kier molecular flexibility index (Phi) is 8.97. The van der Waals surface area contributed by atoms with Gasteiger partial charge in [0.25, 0.3) is 0 Å². The quantitative estimate of drug-likeness (QED) is 0.244. The normalized spacial score (nSPS) is 11.6. The summed E-state index contributed by atoms with van der Waals surface area (Å²) in [4.78, 5) is 15.6. The predicted molar refractivity (Wildman–Crippen MR) is 278 cm³/mol. The fourth-order valence-corrected chi connectivity index (χ4v) is 9.59. The maximum absolute atomic E-state index is 7.35. The zero-order valence-electron chi connectivity index (χ0n) is 35.7. The van der Waals surface area contributed by atoms with E-state index in [9.17, 15) is 0 Å². The molecule has 0 saturated heterocycles. The molecular weight excluding hydrogens is 749 g/mol. The molecule has 0 spiro atoms. The van der Waals surface area contributed by atoms with E-state index in [0.29, 0.717) is 17.5 Å². The van der Waals surface area contributed by atoms with Crippen molar-refractivity contribution in [1.29, 1.82) is 0 Å². The molecule has 0 amide bonds. The molecule has 0 unspecified atom stereocenters. The van der Waals surface area contributed by atoms with Gasteiger partial charge in [-0.15, -0.1) is 0 Å². The van der Waals surface area contributed by atoms with Crippen LogP contribution in [0.25, 0.3) is 106 Å². The number of benzene rings is 8. The third-order valence-electron chi connectivity index (χ3n) is 13.1. The standard InChI is InChI=1S/C51H38B6N4O/c52-40-37-38-41(53)44(56)45(57)46(61-35-22-11-10-21-33(35)34-26-31(23-24-36(34)61)28-15-6-2-7-16-28)48(38)62-47(37)43(55)39(42(40)54)51-59-49(29-17-8-3-9-18-29)58-50(60-51)32-20-12-19-30(25-32)27-13-4-1-5-14-27/h1-26H,52-57H2. The summed E-state index contributed by atoms with van der Waals surface area (Å²) in [5.41, 5.74) is 19.5. The molecule has 0 fully saturated rings. The molecule has 286 valence electrons. The van der Waals surface area contributed by atoms with E-state index >= 15 is 0 Å². The van der Waals surface area contributed by atoms with E-state index in [2.05, 4.69) is 185 Å². The fraction of sp³-hybridized carbons (Fsp3) is 0. The Balaban J connectivity index is 1.17. The van der Waals surface area contributed by atoms with Crippen LogP contribution in [-0.2, 0) is 0 Å². The molecule has 0 aliphatic carbocycles. The number of furan rings is 1. The minimum absolute atomic E-state index is 0.624. The highest BCUT2D eigenvalue weighted by Crippen LogP contribution is 2.38. The molecule has 0 aliphatic heterocycles. The van der Waals surface area contributed by atoms with Gasteiger partial charge in [0.2, 0.25) is 0 Å². The van der Waals surface area contributed by atoms with Gasteiger partial charge in [0.15, 0.2) is 23.1 Å². The number of fused-ring (bicyclic) bond motifs is 6. The van der Waals surface area contributed by atoms with Crippen molar-refractivity contribution in [2.45, 2.75) is 0 Å². The lowest BCUT2D eigenvalue weighted by Crippen LogP contribution is -2.42. The summed E-state index contributed by atoms with van der Waals surface area (Å²) in [6.45, 7) is 0. The Morgan fingerprint density at radius 2 is 0.871 bits per heavy atom. The fourth-order valence-electron chi connectivity index (χ4n) is 9.59. The third-order valence-corrected chi connectivity index (χ3v) is 13.1. The van der Waals surface area contributed by atoms with Gasteiger partial charge < -0.3 is 8.98 Å². The number of hydrogen-bond donors (Lipinski definition) is 0. The van der Waals surface area contributed by atoms with Crippen molar-refractivity contribution in [1.82, 2.24) is 19.5 Å². The molecule has 3 aromatic heterocycles. The van der Waals surface area contributed by atoms with Gasteiger partial charge in [0.1, 0.15) is 52.7 Å². The number of nitrogens with zero attached hydrogens (tertiary/aromatic N) is 4. The number of rotatable bonds is 6. The van der Waals surface area contributed by atoms with Crippen LogP contribution in [0.15, 0.2) is 162 Å². The van der Waals surface area contributed by atoms with Crippen LogP contribution in [0.4, 0.5) is 0 Å². The van der Waals surface area contributed by atoms with Crippen LogP contribution in [0.5, 0.6) is 0 Å². The summed E-state index contributed by atoms with van der Waals surface area (Å²) in [5, 5.41) is 4.71. The number of hydrogen-bond acceptors (Lipinski definition) is 4. The molecule has 0 bridgehead atoms. The van der Waals surface area contributed by atoms with Gasteiger partial charge >= 0.3 is 0 Å². The molecule has 62 heavy (non-hydrogen) atoms. The van der Waals surface area contributed by atoms with Crippen LogP contribution in [0.3, 0.4) is 0 Å². The van der Waals surface area contributed by atoms with Gasteiger partial charge in [-0.2, -0.15) is 0 Å². The first-order valence-corrected chi connectivity index (χ1v) is 21.3. The lowest BCUT2D eigenvalue weighted by Gasteiger charge is -2.18. The number of aromatic nitrogens is 4. The summed E-state index contributed by atoms with van der Waals surface area (Å²) < 4.78 is 9.78. The third kappa shape index (κ3) is 5.90. The van der Waals surface area contributed by atoms with Crippen LogP contribution in [0.2, 0.25) is 0 Å². The van der Waals surface area contributed by atoms with Gasteiger partial charge in [0.05, 0.1) is 16.7 Å². The lowest BCUT2D eigenvalue weighted by atomic mass is 9.67. The Bertz CT molecular complexity index is 3590. The smallest absolute Gasteiger partial charge is 0.164 e. The molecule has 0 N–H and O–H groups in total. The zero-order chi connectivity index (χ0) is 42.2. The Hall–Kier alpha value is -7.24. The molecule has 3 heterocycles. The SMILES string of the molecule is Bc1c(B)c(B)c2c(oc3c(B)c(-c4nc(-c5ccccc5)nc(-c5cccc(-c6ccccc6)c5)n4)c(B)c(B)c32)c1-n1c2ccccc2c2cc(-c3ccccc3)ccc21.